The fourth-order valence-electron chi connectivity index (χ4n) is 3.77. The number of aryl methyl sites for hydroxylation is 1. The van der Waals surface area contributed by atoms with Gasteiger partial charge in [0, 0.05) is 24.2 Å². The number of hydrogen-bond acceptors (Lipinski definition) is 3. The van der Waals surface area contributed by atoms with Gasteiger partial charge < -0.3 is 9.22 Å². The van der Waals surface area contributed by atoms with Gasteiger partial charge in [-0.3, -0.25) is 9.78 Å². The van der Waals surface area contributed by atoms with E-state index < -0.39 is 0 Å². The van der Waals surface area contributed by atoms with E-state index in [1.54, 1.807) is 0 Å². The lowest BCUT2D eigenvalue weighted by molar-refractivity contribution is -0.903. The van der Waals surface area contributed by atoms with Gasteiger partial charge >= 0.3 is 5.97 Å². The summed E-state index contributed by atoms with van der Waals surface area (Å²) in [5, 5.41) is 0. The Kier molecular flexibility index (Phi) is 11.4. The minimum Gasteiger partial charge on any atom is -0.424 e. The second kappa shape index (κ2) is 12.9. The molecule has 0 aliphatic rings. The molecule has 1 aromatic heterocycles. The van der Waals surface area contributed by atoms with Crippen LogP contribution < -0.4 is 4.74 Å². The summed E-state index contributed by atoms with van der Waals surface area (Å²) < 4.78 is 6.32. The van der Waals surface area contributed by atoms with E-state index in [0.29, 0.717) is 5.75 Å². The topological polar surface area (TPSA) is 39.2 Å². The van der Waals surface area contributed by atoms with E-state index >= 15 is 0 Å². The molecular weight excluding hydrogens is 348 g/mol. The fourth-order valence-corrected chi connectivity index (χ4v) is 3.77. The average molecular weight is 392 g/mol. The number of quaternary nitrogens is 1. The van der Waals surface area contributed by atoms with Crippen molar-refractivity contribution in [2.24, 2.45) is 0 Å². The summed E-state index contributed by atoms with van der Waals surface area (Å²) in [6.45, 7) is 9.70. The first-order valence-electron chi connectivity index (χ1n) is 11.2. The highest BCUT2D eigenvalue weighted by Crippen LogP contribution is 2.26. The lowest BCUT2D eigenvalue weighted by atomic mass is 10.1. The average Bonchev–Trinajstić information content (AvgIpc) is 2.62. The van der Waals surface area contributed by atoms with E-state index in [1.807, 2.05) is 20.0 Å². The lowest BCUT2D eigenvalue weighted by Gasteiger charge is -2.30. The summed E-state index contributed by atoms with van der Waals surface area (Å²) in [5.74, 6) is 0.341. The van der Waals surface area contributed by atoms with Crippen molar-refractivity contribution in [1.82, 2.24) is 4.98 Å². The number of nitrogens with zero attached hydrogens (tertiary/aromatic N) is 2. The SMILES string of the molecule is CCCCCCCCCCCC[N+](C)(C)Cc1cnc(C)c(OC(C)=O)c1C. The molecule has 1 heterocycles. The molecule has 160 valence electrons. The zero-order valence-corrected chi connectivity index (χ0v) is 19.3. The third-order valence-corrected chi connectivity index (χ3v) is 5.53. The summed E-state index contributed by atoms with van der Waals surface area (Å²) in [7, 11) is 4.55. The van der Waals surface area contributed by atoms with Gasteiger partial charge in [0.05, 0.1) is 26.3 Å². The smallest absolute Gasteiger partial charge is 0.308 e. The first-order valence-corrected chi connectivity index (χ1v) is 11.2. The van der Waals surface area contributed by atoms with Crippen molar-refractivity contribution >= 4 is 5.97 Å². The molecule has 28 heavy (non-hydrogen) atoms. The second-order valence-corrected chi connectivity index (χ2v) is 8.92. The first-order chi connectivity index (χ1) is 13.3. The Morgan fingerprint density at radius 1 is 0.964 bits per heavy atom. The molecule has 4 nitrogen and oxygen atoms in total. The van der Waals surface area contributed by atoms with Crippen LogP contribution in [0.1, 0.15) is 94.9 Å². The molecule has 1 rings (SSSR count). The maximum absolute atomic E-state index is 11.4. The summed E-state index contributed by atoms with van der Waals surface area (Å²) in [6, 6.07) is 0. The van der Waals surface area contributed by atoms with Crippen molar-refractivity contribution in [1.29, 1.82) is 0 Å². The molecule has 0 N–H and O–H groups in total. The predicted molar refractivity (Wildman–Crippen MR) is 118 cm³/mol. The maximum Gasteiger partial charge on any atom is 0.308 e. The van der Waals surface area contributed by atoms with Crippen LogP contribution in [0.25, 0.3) is 0 Å². The molecule has 0 amide bonds. The zero-order valence-electron chi connectivity index (χ0n) is 19.3. The van der Waals surface area contributed by atoms with Crippen LogP contribution in [-0.4, -0.2) is 36.1 Å². The normalized spacial score (nSPS) is 11.6. The Morgan fingerprint density at radius 2 is 1.50 bits per heavy atom. The molecule has 0 bridgehead atoms. The zero-order chi connectivity index (χ0) is 21.0. The van der Waals surface area contributed by atoms with Gasteiger partial charge in [-0.25, -0.2) is 0 Å². The van der Waals surface area contributed by atoms with E-state index in [-0.39, 0.29) is 5.97 Å². The fraction of sp³-hybridized carbons (Fsp3) is 0.750. The molecular formula is C24H43N2O2+. The molecule has 0 saturated carbocycles. The highest BCUT2D eigenvalue weighted by Gasteiger charge is 2.20. The van der Waals surface area contributed by atoms with Gasteiger partial charge in [0.15, 0.2) is 5.75 Å². The number of esters is 1. The Bertz CT molecular complexity index is 597. The summed E-state index contributed by atoms with van der Waals surface area (Å²) in [5.41, 5.74) is 2.98. The number of aromatic nitrogens is 1. The van der Waals surface area contributed by atoms with Gasteiger partial charge in [-0.1, -0.05) is 58.3 Å². The Balaban J connectivity index is 2.37. The van der Waals surface area contributed by atoms with Crippen LogP contribution in [0.4, 0.5) is 0 Å². The molecule has 0 spiro atoms. The van der Waals surface area contributed by atoms with Gasteiger partial charge in [-0.05, 0) is 26.7 Å². The van der Waals surface area contributed by atoms with Gasteiger partial charge in [-0.2, -0.15) is 0 Å². The van der Waals surface area contributed by atoms with Crippen LogP contribution in [0.5, 0.6) is 5.75 Å². The molecule has 4 heteroatoms. The van der Waals surface area contributed by atoms with E-state index in [4.69, 9.17) is 4.74 Å². The lowest BCUT2D eigenvalue weighted by Crippen LogP contribution is -2.39. The summed E-state index contributed by atoms with van der Waals surface area (Å²) in [6.07, 6.45) is 15.6. The van der Waals surface area contributed by atoms with E-state index in [1.165, 1.54) is 76.7 Å². The first kappa shape index (κ1) is 24.6. The molecule has 0 radical (unpaired) electrons. The van der Waals surface area contributed by atoms with Crippen LogP contribution in [0.15, 0.2) is 6.20 Å². The summed E-state index contributed by atoms with van der Waals surface area (Å²) in [4.78, 5) is 15.8. The van der Waals surface area contributed by atoms with E-state index in [2.05, 4.69) is 26.0 Å². The third kappa shape index (κ3) is 9.68. The van der Waals surface area contributed by atoms with Crippen molar-refractivity contribution in [2.45, 2.75) is 98.4 Å². The van der Waals surface area contributed by atoms with E-state index in [0.717, 1.165) is 28.8 Å². The maximum atomic E-state index is 11.4. The minimum atomic E-state index is -0.288. The van der Waals surface area contributed by atoms with Gasteiger partial charge in [0.2, 0.25) is 0 Å². The highest BCUT2D eigenvalue weighted by molar-refractivity contribution is 5.70. The van der Waals surface area contributed by atoms with Crippen LogP contribution in [-0.2, 0) is 11.3 Å². The second-order valence-electron chi connectivity index (χ2n) is 8.92. The van der Waals surface area contributed by atoms with Crippen LogP contribution in [0, 0.1) is 13.8 Å². The molecule has 1 aromatic rings. The quantitative estimate of drug-likeness (QED) is 0.218. The van der Waals surface area contributed by atoms with Crippen molar-refractivity contribution in [3.05, 3.63) is 23.0 Å². The van der Waals surface area contributed by atoms with Crippen molar-refractivity contribution < 1.29 is 14.0 Å². The van der Waals surface area contributed by atoms with Crippen LogP contribution in [0.3, 0.4) is 0 Å². The summed E-state index contributed by atoms with van der Waals surface area (Å²) >= 11 is 0. The molecule has 0 aliphatic heterocycles. The number of ether oxygens (including phenoxy) is 1. The minimum absolute atomic E-state index is 0.288. The number of unbranched alkanes of at least 4 members (excludes halogenated alkanes) is 9. The predicted octanol–water partition coefficient (Wildman–Crippen LogP) is 6.12. The Labute approximate surface area is 173 Å². The van der Waals surface area contributed by atoms with Gasteiger partial charge in [0.25, 0.3) is 0 Å². The number of carbonyl (C=O) groups is 1. The molecule has 0 fully saturated rings. The van der Waals surface area contributed by atoms with Crippen LogP contribution >= 0.6 is 0 Å². The van der Waals surface area contributed by atoms with Gasteiger partial charge in [0.1, 0.15) is 6.54 Å². The standard InChI is InChI=1S/C24H43N2O2/c1-7-8-9-10-11-12-13-14-15-16-17-26(5,6)19-23-18-25-21(3)24(20(23)2)28-22(4)27/h18H,7-17,19H2,1-6H3/q+1. The molecule has 0 unspecified atom stereocenters. The third-order valence-electron chi connectivity index (χ3n) is 5.53. The number of hydrogen-bond donors (Lipinski definition) is 0. The molecule has 0 saturated heterocycles. The Hall–Kier alpha value is -1.42. The van der Waals surface area contributed by atoms with Gasteiger partial charge in [-0.15, -0.1) is 0 Å². The van der Waals surface area contributed by atoms with Crippen molar-refractivity contribution in [3.8, 4) is 5.75 Å². The monoisotopic (exact) mass is 391 g/mol. The molecule has 0 atom stereocenters. The van der Waals surface area contributed by atoms with Crippen molar-refractivity contribution in [3.63, 3.8) is 0 Å². The molecule has 0 aromatic carbocycles. The largest absolute Gasteiger partial charge is 0.424 e. The van der Waals surface area contributed by atoms with Crippen molar-refractivity contribution in [2.75, 3.05) is 20.6 Å². The highest BCUT2D eigenvalue weighted by atomic mass is 16.5. The number of pyridine rings is 1. The number of rotatable bonds is 14. The molecule has 0 aliphatic carbocycles. The van der Waals surface area contributed by atoms with Crippen LogP contribution in [0.2, 0.25) is 0 Å². The van der Waals surface area contributed by atoms with E-state index in [9.17, 15) is 4.79 Å². The number of carbonyl (C=O) groups excluding carboxylic acids is 1. The Morgan fingerprint density at radius 3 is 2.04 bits per heavy atom.